The lowest BCUT2D eigenvalue weighted by atomic mass is 9.81. The van der Waals surface area contributed by atoms with E-state index in [0.29, 0.717) is 12.5 Å². The molecule has 0 aromatic rings. The highest BCUT2D eigenvalue weighted by Crippen LogP contribution is 2.29. The average Bonchev–Trinajstić information content (AvgIpc) is 2.30. The van der Waals surface area contributed by atoms with Crippen molar-refractivity contribution >= 4 is 5.97 Å². The molecule has 1 aliphatic heterocycles. The molecule has 0 aromatic carbocycles. The first-order chi connectivity index (χ1) is 8.45. The summed E-state index contributed by atoms with van der Waals surface area (Å²) in [7, 11) is 0. The van der Waals surface area contributed by atoms with E-state index in [-0.39, 0.29) is 17.8 Å². The molecule has 3 nitrogen and oxygen atoms in total. The smallest absolute Gasteiger partial charge is 0.311 e. The number of carbonyl (C=O) groups excluding carboxylic acids is 1. The molecule has 0 aromatic heterocycles. The Bertz CT molecular complexity index is 264. The second kappa shape index (κ2) is 7.13. The first-order valence-corrected chi connectivity index (χ1v) is 7.30. The van der Waals surface area contributed by atoms with E-state index in [1.165, 1.54) is 19.3 Å². The van der Waals surface area contributed by atoms with E-state index >= 15 is 0 Å². The van der Waals surface area contributed by atoms with Crippen LogP contribution in [0.5, 0.6) is 0 Å². The van der Waals surface area contributed by atoms with Gasteiger partial charge in [0.05, 0.1) is 18.6 Å². The van der Waals surface area contributed by atoms with Gasteiger partial charge < -0.3 is 9.84 Å². The van der Waals surface area contributed by atoms with E-state index in [9.17, 15) is 9.90 Å². The molecule has 3 unspecified atom stereocenters. The molecule has 1 rings (SSSR count). The van der Waals surface area contributed by atoms with Gasteiger partial charge in [-0.2, -0.15) is 0 Å². The Kier molecular flexibility index (Phi) is 6.13. The molecule has 0 bridgehead atoms. The molecule has 1 N–H and O–H groups in total. The summed E-state index contributed by atoms with van der Waals surface area (Å²) in [5, 5.41) is 10.1. The van der Waals surface area contributed by atoms with Crippen LogP contribution in [0, 0.1) is 23.7 Å². The van der Waals surface area contributed by atoms with Gasteiger partial charge in [-0.25, -0.2) is 0 Å². The van der Waals surface area contributed by atoms with Crippen molar-refractivity contribution in [2.45, 2.75) is 59.5 Å². The largest absolute Gasteiger partial charge is 0.465 e. The van der Waals surface area contributed by atoms with Gasteiger partial charge in [-0.15, -0.1) is 0 Å². The lowest BCUT2D eigenvalue weighted by Crippen LogP contribution is -2.42. The molecule has 1 fully saturated rings. The maximum absolute atomic E-state index is 11.3. The summed E-state index contributed by atoms with van der Waals surface area (Å²) in [4.78, 5) is 11.3. The minimum absolute atomic E-state index is 0.113. The zero-order valence-corrected chi connectivity index (χ0v) is 12.2. The number of aliphatic hydroxyl groups excluding tert-OH is 1. The summed E-state index contributed by atoms with van der Waals surface area (Å²) in [5.74, 6) is 0.803. The van der Waals surface area contributed by atoms with Crippen molar-refractivity contribution in [1.82, 2.24) is 0 Å². The highest BCUT2D eigenvalue weighted by Gasteiger charge is 2.36. The number of rotatable bonds is 6. The van der Waals surface area contributed by atoms with Gasteiger partial charge in [0, 0.05) is 5.92 Å². The summed E-state index contributed by atoms with van der Waals surface area (Å²) in [6, 6.07) is 0. The highest BCUT2D eigenvalue weighted by atomic mass is 16.5. The third kappa shape index (κ3) is 4.27. The Labute approximate surface area is 111 Å². The normalized spacial score (nSPS) is 31.8. The first-order valence-electron chi connectivity index (χ1n) is 7.30. The molecule has 0 aliphatic carbocycles. The summed E-state index contributed by atoms with van der Waals surface area (Å²) < 4.78 is 5.13. The third-order valence-electron chi connectivity index (χ3n) is 4.10. The average molecular weight is 256 g/mol. The topological polar surface area (TPSA) is 46.5 Å². The minimum atomic E-state index is -0.532. The fourth-order valence-electron chi connectivity index (χ4n) is 3.08. The van der Waals surface area contributed by atoms with Crippen LogP contribution in [0.1, 0.15) is 53.4 Å². The Morgan fingerprint density at radius 2 is 2.06 bits per heavy atom. The lowest BCUT2D eigenvalue weighted by molar-refractivity contribution is -0.166. The van der Waals surface area contributed by atoms with E-state index < -0.39 is 6.10 Å². The monoisotopic (exact) mass is 256 g/mol. The van der Waals surface area contributed by atoms with Crippen molar-refractivity contribution in [1.29, 1.82) is 0 Å². The van der Waals surface area contributed by atoms with Crippen molar-refractivity contribution in [2.75, 3.05) is 6.61 Å². The van der Waals surface area contributed by atoms with E-state index in [1.54, 1.807) is 6.92 Å². The number of carbonyl (C=O) groups is 1. The van der Waals surface area contributed by atoms with Gasteiger partial charge in [0.25, 0.3) is 0 Å². The van der Waals surface area contributed by atoms with Crippen LogP contribution in [0.25, 0.3) is 0 Å². The predicted molar refractivity (Wildman–Crippen MR) is 72.1 cm³/mol. The van der Waals surface area contributed by atoms with Crippen LogP contribution >= 0.6 is 0 Å². The molecule has 0 amide bonds. The minimum Gasteiger partial charge on any atom is -0.465 e. The Morgan fingerprint density at radius 1 is 1.39 bits per heavy atom. The SMILES string of the molecule is CCC[C@H](C)C[C@@H](C)CC1COC(=O)C(C)C1O. The highest BCUT2D eigenvalue weighted by molar-refractivity contribution is 5.73. The Hall–Kier alpha value is -0.570. The van der Waals surface area contributed by atoms with Gasteiger partial charge in [0.15, 0.2) is 0 Å². The van der Waals surface area contributed by atoms with Crippen LogP contribution in [-0.4, -0.2) is 23.8 Å². The summed E-state index contributed by atoms with van der Waals surface area (Å²) in [6.45, 7) is 8.88. The van der Waals surface area contributed by atoms with Crippen LogP contribution in [0.3, 0.4) is 0 Å². The van der Waals surface area contributed by atoms with Gasteiger partial charge in [0.2, 0.25) is 0 Å². The molecule has 1 aliphatic rings. The van der Waals surface area contributed by atoms with E-state index in [1.807, 2.05) is 0 Å². The molecule has 1 saturated heterocycles. The van der Waals surface area contributed by atoms with Crippen molar-refractivity contribution < 1.29 is 14.6 Å². The zero-order valence-electron chi connectivity index (χ0n) is 12.2. The Morgan fingerprint density at radius 3 is 2.67 bits per heavy atom. The van der Waals surface area contributed by atoms with Crippen LogP contribution < -0.4 is 0 Å². The second-order valence-electron chi connectivity index (χ2n) is 6.14. The van der Waals surface area contributed by atoms with Gasteiger partial charge in [0.1, 0.15) is 0 Å². The molecule has 18 heavy (non-hydrogen) atoms. The van der Waals surface area contributed by atoms with Gasteiger partial charge in [-0.05, 0) is 31.6 Å². The van der Waals surface area contributed by atoms with E-state index in [4.69, 9.17) is 4.74 Å². The lowest BCUT2D eigenvalue weighted by Gasteiger charge is -2.33. The molecular formula is C15H28O3. The van der Waals surface area contributed by atoms with Crippen LogP contribution in [0.2, 0.25) is 0 Å². The fraction of sp³-hybridized carbons (Fsp3) is 0.933. The van der Waals surface area contributed by atoms with Crippen LogP contribution in [-0.2, 0) is 9.53 Å². The molecule has 0 saturated carbocycles. The molecule has 5 atom stereocenters. The third-order valence-corrected chi connectivity index (χ3v) is 4.10. The molecule has 0 radical (unpaired) electrons. The summed E-state index contributed by atoms with van der Waals surface area (Å²) in [5.41, 5.74) is 0. The number of aliphatic hydroxyl groups is 1. The zero-order chi connectivity index (χ0) is 13.7. The number of cyclic esters (lactones) is 1. The maximum Gasteiger partial charge on any atom is 0.311 e. The van der Waals surface area contributed by atoms with Crippen molar-refractivity contribution in [3.05, 3.63) is 0 Å². The van der Waals surface area contributed by atoms with Crippen molar-refractivity contribution in [3.63, 3.8) is 0 Å². The molecule has 106 valence electrons. The molecule has 3 heteroatoms. The van der Waals surface area contributed by atoms with Crippen LogP contribution in [0.15, 0.2) is 0 Å². The number of hydrogen-bond donors (Lipinski definition) is 1. The summed E-state index contributed by atoms with van der Waals surface area (Å²) >= 11 is 0. The van der Waals surface area contributed by atoms with Gasteiger partial charge in [-0.3, -0.25) is 4.79 Å². The van der Waals surface area contributed by atoms with Crippen molar-refractivity contribution in [3.8, 4) is 0 Å². The number of esters is 1. The molecule has 1 heterocycles. The van der Waals surface area contributed by atoms with E-state index in [0.717, 1.165) is 12.3 Å². The molecular weight excluding hydrogens is 228 g/mol. The number of ether oxygens (including phenoxy) is 1. The fourth-order valence-corrected chi connectivity index (χ4v) is 3.08. The quantitative estimate of drug-likeness (QED) is 0.743. The summed E-state index contributed by atoms with van der Waals surface area (Å²) in [6.07, 6.45) is 4.11. The van der Waals surface area contributed by atoms with Crippen LogP contribution in [0.4, 0.5) is 0 Å². The maximum atomic E-state index is 11.3. The second-order valence-corrected chi connectivity index (χ2v) is 6.14. The Balaban J connectivity index is 2.39. The first kappa shape index (κ1) is 15.5. The van der Waals surface area contributed by atoms with Gasteiger partial charge in [-0.1, -0.05) is 33.6 Å². The van der Waals surface area contributed by atoms with Gasteiger partial charge >= 0.3 is 5.97 Å². The predicted octanol–water partition coefficient (Wildman–Crippen LogP) is 3.01. The standard InChI is InChI=1S/C15H28O3/c1-5-6-10(2)7-11(3)8-13-9-18-15(17)12(4)14(13)16/h10-14,16H,5-9H2,1-4H3/t10-,11+,12?,13?,14?/m0/s1. The molecule has 0 spiro atoms. The van der Waals surface area contributed by atoms with E-state index in [2.05, 4.69) is 20.8 Å². The number of hydrogen-bond acceptors (Lipinski definition) is 3. The van der Waals surface area contributed by atoms with Crippen molar-refractivity contribution in [2.24, 2.45) is 23.7 Å².